The summed E-state index contributed by atoms with van der Waals surface area (Å²) in [5, 5.41) is 29.3. The Balaban J connectivity index is 1.05. The van der Waals surface area contributed by atoms with E-state index in [1.54, 1.807) is 0 Å². The summed E-state index contributed by atoms with van der Waals surface area (Å²) >= 11 is 0. The Kier molecular flexibility index (Phi) is 6.34. The maximum Gasteiger partial charge on any atom is 0.127 e. The van der Waals surface area contributed by atoms with Gasteiger partial charge in [-0.1, -0.05) is 36.4 Å². The Hall–Kier alpha value is -6.22. The average Bonchev–Trinajstić information content (AvgIpc) is 3.75. The second-order valence-electron chi connectivity index (χ2n) is 10.8. The lowest BCUT2D eigenvalue weighted by atomic mass is 10.1. The highest BCUT2D eigenvalue weighted by Crippen LogP contribution is 2.32. The summed E-state index contributed by atoms with van der Waals surface area (Å²) in [4.78, 5) is 0. The number of ether oxygens (including phenoxy) is 1. The molecular formula is C36H26N8O. The summed E-state index contributed by atoms with van der Waals surface area (Å²) < 4.78 is 9.93. The van der Waals surface area contributed by atoms with Crippen molar-refractivity contribution < 1.29 is 4.74 Å². The van der Waals surface area contributed by atoms with Crippen molar-refractivity contribution in [2.75, 3.05) is 0 Å². The molecule has 0 saturated carbocycles. The van der Waals surface area contributed by atoms with E-state index in [9.17, 15) is 0 Å². The molecule has 0 aliphatic rings. The number of hydrogen-bond donors (Lipinski definition) is 0. The van der Waals surface area contributed by atoms with Crippen molar-refractivity contribution in [3.63, 3.8) is 0 Å². The fraction of sp³-hybridized carbons (Fsp3) is 0.0556. The maximum absolute atomic E-state index is 6.19. The summed E-state index contributed by atoms with van der Waals surface area (Å²) in [7, 11) is 0. The molecule has 9 nitrogen and oxygen atoms in total. The van der Waals surface area contributed by atoms with Crippen molar-refractivity contribution >= 4 is 21.8 Å². The van der Waals surface area contributed by atoms with E-state index in [2.05, 4.69) is 20.4 Å². The third-order valence-electron chi connectivity index (χ3n) is 7.76. The van der Waals surface area contributed by atoms with Crippen molar-refractivity contribution in [2.24, 2.45) is 0 Å². The molecule has 9 heteroatoms. The molecule has 0 spiro atoms. The van der Waals surface area contributed by atoms with E-state index in [0.717, 1.165) is 67.1 Å². The Morgan fingerprint density at radius 2 is 0.867 bits per heavy atom. The SMILES string of the molecule is Cc1nnc(-c2ccc(Oc3ccc(-c4nnc(C)c5nn(-c6ccccc6)cc45)cc3)cc2)c2cn(-c3ccccc3)nc12. The highest BCUT2D eigenvalue weighted by molar-refractivity contribution is 5.94. The lowest BCUT2D eigenvalue weighted by molar-refractivity contribution is 0.483. The average molecular weight is 587 g/mol. The van der Waals surface area contributed by atoms with E-state index in [1.807, 2.05) is 145 Å². The van der Waals surface area contributed by atoms with Crippen LogP contribution in [-0.2, 0) is 0 Å². The molecule has 8 rings (SSSR count). The fourth-order valence-corrected chi connectivity index (χ4v) is 5.43. The number of nitrogens with zero attached hydrogens (tertiary/aromatic N) is 8. The fourth-order valence-electron chi connectivity index (χ4n) is 5.43. The molecule has 0 aliphatic heterocycles. The summed E-state index contributed by atoms with van der Waals surface area (Å²) in [5.74, 6) is 1.42. The third kappa shape index (κ3) is 4.86. The number of hydrogen-bond acceptors (Lipinski definition) is 7. The topological polar surface area (TPSA) is 96.4 Å². The number of fused-ring (bicyclic) bond motifs is 2. The Morgan fingerprint density at radius 3 is 1.27 bits per heavy atom. The van der Waals surface area contributed by atoms with Gasteiger partial charge in [0.1, 0.15) is 33.9 Å². The van der Waals surface area contributed by atoms with Gasteiger partial charge in [0.05, 0.1) is 33.5 Å². The summed E-state index contributed by atoms with van der Waals surface area (Å²) in [6.45, 7) is 3.85. The van der Waals surface area contributed by atoms with Gasteiger partial charge < -0.3 is 4.74 Å². The van der Waals surface area contributed by atoms with Crippen LogP contribution in [0.2, 0.25) is 0 Å². The van der Waals surface area contributed by atoms with Crippen molar-refractivity contribution in [1.82, 2.24) is 40.0 Å². The lowest BCUT2D eigenvalue weighted by Gasteiger charge is -2.08. The van der Waals surface area contributed by atoms with Crippen LogP contribution in [0.1, 0.15) is 11.4 Å². The van der Waals surface area contributed by atoms with E-state index >= 15 is 0 Å². The predicted molar refractivity (Wildman–Crippen MR) is 174 cm³/mol. The Labute approximate surface area is 258 Å². The molecule has 0 radical (unpaired) electrons. The Bertz CT molecular complexity index is 2130. The van der Waals surface area contributed by atoms with E-state index in [0.29, 0.717) is 11.5 Å². The van der Waals surface area contributed by atoms with Crippen LogP contribution in [0.15, 0.2) is 122 Å². The van der Waals surface area contributed by atoms with Gasteiger partial charge in [-0.05, 0) is 86.6 Å². The highest BCUT2D eigenvalue weighted by atomic mass is 16.5. The first-order valence-corrected chi connectivity index (χ1v) is 14.6. The van der Waals surface area contributed by atoms with Gasteiger partial charge in [0.2, 0.25) is 0 Å². The molecule has 0 bridgehead atoms. The van der Waals surface area contributed by atoms with Gasteiger partial charge in [0.15, 0.2) is 0 Å². The highest BCUT2D eigenvalue weighted by Gasteiger charge is 2.16. The molecule has 45 heavy (non-hydrogen) atoms. The van der Waals surface area contributed by atoms with E-state index < -0.39 is 0 Å². The predicted octanol–water partition coefficient (Wildman–Crippen LogP) is 7.69. The van der Waals surface area contributed by atoms with Crippen LogP contribution >= 0.6 is 0 Å². The molecule has 0 fully saturated rings. The summed E-state index contributed by atoms with van der Waals surface area (Å²) in [6.07, 6.45) is 4.01. The molecule has 0 saturated heterocycles. The molecular weight excluding hydrogens is 560 g/mol. The van der Waals surface area contributed by atoms with Crippen molar-refractivity contribution in [3.8, 4) is 45.4 Å². The molecule has 0 aliphatic carbocycles. The standard InChI is InChI=1S/C36H26N8O/c1-23-33-31(21-43(41-33)27-9-5-3-6-10-27)35(39-37-23)25-13-17-29(18-14-25)45-30-19-15-26(16-20-30)36-32-22-44(28-11-7-4-8-12-28)42-34(32)24(2)38-40-36/h3-22H,1-2H3. The largest absolute Gasteiger partial charge is 0.457 e. The summed E-state index contributed by atoms with van der Waals surface area (Å²) in [5.41, 5.74) is 8.60. The van der Waals surface area contributed by atoms with Crippen LogP contribution in [0.5, 0.6) is 11.5 Å². The van der Waals surface area contributed by atoms with Crippen molar-refractivity contribution in [1.29, 1.82) is 0 Å². The number of rotatable bonds is 6. The second kappa shape index (κ2) is 10.8. The van der Waals surface area contributed by atoms with Gasteiger partial charge in [0, 0.05) is 23.5 Å². The first kappa shape index (κ1) is 26.4. The van der Waals surface area contributed by atoms with Crippen LogP contribution < -0.4 is 4.74 Å². The van der Waals surface area contributed by atoms with Crippen LogP contribution in [-0.4, -0.2) is 40.0 Å². The minimum absolute atomic E-state index is 0.712. The van der Waals surface area contributed by atoms with Gasteiger partial charge in [-0.25, -0.2) is 9.36 Å². The van der Waals surface area contributed by atoms with Gasteiger partial charge >= 0.3 is 0 Å². The van der Waals surface area contributed by atoms with Gasteiger partial charge in [-0.3, -0.25) is 0 Å². The monoisotopic (exact) mass is 586 g/mol. The minimum Gasteiger partial charge on any atom is -0.457 e. The second-order valence-corrected chi connectivity index (χ2v) is 10.8. The zero-order valence-electron chi connectivity index (χ0n) is 24.5. The minimum atomic E-state index is 0.712. The zero-order chi connectivity index (χ0) is 30.3. The molecule has 8 aromatic rings. The maximum atomic E-state index is 6.19. The Morgan fingerprint density at radius 1 is 0.467 bits per heavy atom. The van der Waals surface area contributed by atoms with E-state index in [1.165, 1.54) is 0 Å². The van der Waals surface area contributed by atoms with E-state index in [4.69, 9.17) is 14.9 Å². The van der Waals surface area contributed by atoms with Gasteiger partial charge in [-0.2, -0.15) is 20.4 Å². The molecule has 0 atom stereocenters. The molecule has 4 aromatic carbocycles. The normalized spacial score (nSPS) is 11.3. The summed E-state index contributed by atoms with van der Waals surface area (Å²) in [6, 6.07) is 35.8. The first-order valence-electron chi connectivity index (χ1n) is 14.6. The van der Waals surface area contributed by atoms with Crippen LogP contribution in [0.4, 0.5) is 0 Å². The molecule has 4 aromatic heterocycles. The molecule has 4 heterocycles. The van der Waals surface area contributed by atoms with Crippen molar-refractivity contribution in [2.45, 2.75) is 13.8 Å². The third-order valence-corrected chi connectivity index (χ3v) is 7.76. The van der Waals surface area contributed by atoms with Crippen LogP contribution in [0.3, 0.4) is 0 Å². The van der Waals surface area contributed by atoms with Crippen LogP contribution in [0.25, 0.3) is 55.7 Å². The molecule has 0 unspecified atom stereocenters. The van der Waals surface area contributed by atoms with Crippen molar-refractivity contribution in [3.05, 3.63) is 133 Å². The first-order chi connectivity index (χ1) is 22.1. The lowest BCUT2D eigenvalue weighted by Crippen LogP contribution is -1.94. The molecule has 0 N–H and O–H groups in total. The van der Waals surface area contributed by atoms with Gasteiger partial charge in [0.25, 0.3) is 0 Å². The quantitative estimate of drug-likeness (QED) is 0.197. The molecule has 216 valence electrons. The molecule has 0 amide bonds. The van der Waals surface area contributed by atoms with E-state index in [-0.39, 0.29) is 0 Å². The number of para-hydroxylation sites is 2. The number of benzene rings is 4. The zero-order valence-corrected chi connectivity index (χ0v) is 24.5. The number of aromatic nitrogens is 8. The number of aryl methyl sites for hydroxylation is 2. The van der Waals surface area contributed by atoms with Crippen LogP contribution in [0, 0.1) is 13.8 Å². The smallest absolute Gasteiger partial charge is 0.127 e. The van der Waals surface area contributed by atoms with Gasteiger partial charge in [-0.15, -0.1) is 10.2 Å².